The van der Waals surface area contributed by atoms with Crippen LogP contribution in [0, 0.1) is 6.92 Å². The number of nitrogens with one attached hydrogen (secondary N) is 2. The quantitative estimate of drug-likeness (QED) is 0.818. The summed E-state index contributed by atoms with van der Waals surface area (Å²) in [6, 6.07) is 14.1. The third kappa shape index (κ3) is 5.26. The van der Waals surface area contributed by atoms with E-state index < -0.39 is 10.0 Å². The third-order valence-electron chi connectivity index (χ3n) is 3.33. The highest BCUT2D eigenvalue weighted by Gasteiger charge is 2.13. The Morgan fingerprint density at radius 3 is 2.26 bits per heavy atom. The summed E-state index contributed by atoms with van der Waals surface area (Å²) >= 11 is 0. The predicted octanol–water partition coefficient (Wildman–Crippen LogP) is 2.77. The first kappa shape index (κ1) is 17.3. The van der Waals surface area contributed by atoms with Crippen molar-refractivity contribution in [2.24, 2.45) is 0 Å². The van der Waals surface area contributed by atoms with Gasteiger partial charge in [0.15, 0.2) is 0 Å². The molecular weight excluding hydrogens is 310 g/mol. The lowest BCUT2D eigenvalue weighted by molar-refractivity contribution is 0.425. The highest BCUT2D eigenvalue weighted by atomic mass is 32.2. The van der Waals surface area contributed by atoms with Crippen LogP contribution in [0.5, 0.6) is 0 Å². The van der Waals surface area contributed by atoms with Crippen LogP contribution in [0.4, 0.5) is 11.4 Å². The number of rotatable bonds is 7. The van der Waals surface area contributed by atoms with Crippen LogP contribution in [0.3, 0.4) is 0 Å². The lowest BCUT2D eigenvalue weighted by atomic mass is 10.2. The summed E-state index contributed by atoms with van der Waals surface area (Å²) in [5.41, 5.74) is 2.42. The Balaban J connectivity index is 2.03. The van der Waals surface area contributed by atoms with Crippen molar-refractivity contribution in [3.05, 3.63) is 54.1 Å². The Bertz CT molecular complexity index is 741. The molecule has 2 N–H and O–H groups in total. The standard InChI is InChI=1S/C17H23N3O2S/c1-14-5-4-6-17(13-14)23(21,22)19-16-9-7-15(8-10-16)18-11-12-20(2)3/h4-10,13,18-19H,11-12H2,1-3H3. The van der Waals surface area contributed by atoms with Crippen LogP contribution >= 0.6 is 0 Å². The molecule has 124 valence electrons. The van der Waals surface area contributed by atoms with Gasteiger partial charge in [0.1, 0.15) is 0 Å². The molecule has 0 aliphatic heterocycles. The first-order valence-corrected chi connectivity index (χ1v) is 8.93. The lowest BCUT2D eigenvalue weighted by Crippen LogP contribution is -2.20. The molecule has 0 amide bonds. The Morgan fingerprint density at radius 2 is 1.65 bits per heavy atom. The average Bonchev–Trinajstić information content (AvgIpc) is 2.48. The molecule has 0 aromatic heterocycles. The van der Waals surface area contributed by atoms with Gasteiger partial charge in [-0.15, -0.1) is 0 Å². The van der Waals surface area contributed by atoms with Gasteiger partial charge >= 0.3 is 0 Å². The van der Waals surface area contributed by atoms with Gasteiger partial charge in [-0.05, 0) is 63.0 Å². The van der Waals surface area contributed by atoms with E-state index in [2.05, 4.69) is 14.9 Å². The van der Waals surface area contributed by atoms with Gasteiger partial charge in [-0.1, -0.05) is 12.1 Å². The van der Waals surface area contributed by atoms with Crippen molar-refractivity contribution in [3.8, 4) is 0 Å². The van der Waals surface area contributed by atoms with E-state index in [0.29, 0.717) is 5.69 Å². The molecule has 2 rings (SSSR count). The SMILES string of the molecule is Cc1cccc(S(=O)(=O)Nc2ccc(NCCN(C)C)cc2)c1. The number of sulfonamides is 1. The smallest absolute Gasteiger partial charge is 0.261 e. The molecule has 2 aromatic rings. The minimum absolute atomic E-state index is 0.269. The minimum Gasteiger partial charge on any atom is -0.384 e. The molecule has 2 aromatic carbocycles. The lowest BCUT2D eigenvalue weighted by Gasteiger charge is -2.12. The normalized spacial score (nSPS) is 11.5. The maximum atomic E-state index is 12.4. The molecule has 0 radical (unpaired) electrons. The molecule has 0 saturated carbocycles. The summed E-state index contributed by atoms with van der Waals surface area (Å²) in [5.74, 6) is 0. The maximum absolute atomic E-state index is 12.4. The van der Waals surface area contributed by atoms with Gasteiger partial charge in [0.25, 0.3) is 10.0 Å². The van der Waals surface area contributed by atoms with E-state index in [1.165, 1.54) is 0 Å². The van der Waals surface area contributed by atoms with Crippen LogP contribution in [0.2, 0.25) is 0 Å². The molecule has 0 saturated heterocycles. The van der Waals surface area contributed by atoms with Crippen molar-refractivity contribution in [1.82, 2.24) is 4.90 Å². The predicted molar refractivity (Wildman–Crippen MR) is 95.5 cm³/mol. The molecule has 0 atom stereocenters. The van der Waals surface area contributed by atoms with Crippen LogP contribution in [-0.2, 0) is 10.0 Å². The summed E-state index contributed by atoms with van der Waals surface area (Å²) in [5, 5.41) is 3.29. The fraction of sp³-hybridized carbons (Fsp3) is 0.294. The zero-order valence-corrected chi connectivity index (χ0v) is 14.5. The van der Waals surface area contributed by atoms with Crippen molar-refractivity contribution in [3.63, 3.8) is 0 Å². The molecule has 0 bridgehead atoms. The van der Waals surface area contributed by atoms with Crippen molar-refractivity contribution >= 4 is 21.4 Å². The number of aryl methyl sites for hydroxylation is 1. The molecular formula is C17H23N3O2S. The van der Waals surface area contributed by atoms with Crippen molar-refractivity contribution in [1.29, 1.82) is 0 Å². The van der Waals surface area contributed by atoms with E-state index in [1.807, 2.05) is 39.2 Å². The largest absolute Gasteiger partial charge is 0.384 e. The summed E-state index contributed by atoms with van der Waals surface area (Å²) in [4.78, 5) is 2.36. The van der Waals surface area contributed by atoms with E-state index in [0.717, 1.165) is 24.3 Å². The second-order valence-electron chi connectivity index (χ2n) is 5.73. The Morgan fingerprint density at radius 1 is 1.00 bits per heavy atom. The fourth-order valence-electron chi connectivity index (χ4n) is 2.08. The molecule has 0 unspecified atom stereocenters. The molecule has 0 aliphatic rings. The number of benzene rings is 2. The summed E-state index contributed by atoms with van der Waals surface area (Å²) < 4.78 is 27.3. The highest BCUT2D eigenvalue weighted by Crippen LogP contribution is 2.19. The van der Waals surface area contributed by atoms with Crippen molar-refractivity contribution < 1.29 is 8.42 Å². The number of hydrogen-bond acceptors (Lipinski definition) is 4. The zero-order chi connectivity index (χ0) is 16.9. The monoisotopic (exact) mass is 333 g/mol. The zero-order valence-electron chi connectivity index (χ0n) is 13.7. The number of likely N-dealkylation sites (N-methyl/N-ethyl adjacent to an activating group) is 1. The molecule has 23 heavy (non-hydrogen) atoms. The Kier molecular flexibility index (Phi) is 5.63. The van der Waals surface area contributed by atoms with E-state index in [9.17, 15) is 8.42 Å². The third-order valence-corrected chi connectivity index (χ3v) is 4.70. The van der Waals surface area contributed by atoms with Gasteiger partial charge in [0.2, 0.25) is 0 Å². The Labute approximate surface area is 138 Å². The molecule has 5 nitrogen and oxygen atoms in total. The van der Waals surface area contributed by atoms with Crippen LogP contribution in [0.25, 0.3) is 0 Å². The van der Waals surface area contributed by atoms with Gasteiger partial charge in [-0.2, -0.15) is 0 Å². The van der Waals surface area contributed by atoms with Crippen LogP contribution in [-0.4, -0.2) is 40.5 Å². The average molecular weight is 333 g/mol. The van der Waals surface area contributed by atoms with Crippen molar-refractivity contribution in [2.75, 3.05) is 37.2 Å². The number of nitrogens with zero attached hydrogens (tertiary/aromatic N) is 1. The molecule has 0 heterocycles. The first-order valence-electron chi connectivity index (χ1n) is 7.45. The summed E-state index contributed by atoms with van der Waals surface area (Å²) in [6.45, 7) is 3.64. The molecule has 0 aliphatic carbocycles. The highest BCUT2D eigenvalue weighted by molar-refractivity contribution is 7.92. The number of anilines is 2. The second-order valence-corrected chi connectivity index (χ2v) is 7.41. The van der Waals surface area contributed by atoms with Gasteiger partial charge in [-0.3, -0.25) is 4.72 Å². The van der Waals surface area contributed by atoms with Gasteiger partial charge in [0.05, 0.1) is 4.90 Å². The maximum Gasteiger partial charge on any atom is 0.261 e. The second kappa shape index (κ2) is 7.48. The van der Waals surface area contributed by atoms with Crippen molar-refractivity contribution in [2.45, 2.75) is 11.8 Å². The van der Waals surface area contributed by atoms with Crippen LogP contribution in [0.1, 0.15) is 5.56 Å². The topological polar surface area (TPSA) is 61.4 Å². The Hall–Kier alpha value is -2.05. The van der Waals surface area contributed by atoms with Gasteiger partial charge < -0.3 is 10.2 Å². The van der Waals surface area contributed by atoms with Gasteiger partial charge in [-0.25, -0.2) is 8.42 Å². The first-order chi connectivity index (χ1) is 10.9. The molecule has 0 spiro atoms. The minimum atomic E-state index is -3.55. The molecule has 6 heteroatoms. The van der Waals surface area contributed by atoms with E-state index in [-0.39, 0.29) is 4.90 Å². The van der Waals surface area contributed by atoms with E-state index in [4.69, 9.17) is 0 Å². The van der Waals surface area contributed by atoms with Crippen LogP contribution in [0.15, 0.2) is 53.4 Å². The van der Waals surface area contributed by atoms with Gasteiger partial charge in [0, 0.05) is 24.5 Å². The number of hydrogen-bond donors (Lipinski definition) is 2. The summed E-state index contributed by atoms with van der Waals surface area (Å²) in [7, 11) is 0.483. The molecule has 0 fully saturated rings. The van der Waals surface area contributed by atoms with E-state index >= 15 is 0 Å². The van der Waals surface area contributed by atoms with Crippen LogP contribution < -0.4 is 10.0 Å². The fourth-order valence-corrected chi connectivity index (χ4v) is 3.24. The summed E-state index contributed by atoms with van der Waals surface area (Å²) in [6.07, 6.45) is 0. The van der Waals surface area contributed by atoms with E-state index in [1.54, 1.807) is 30.3 Å².